The zero-order chi connectivity index (χ0) is 24.0. The van der Waals surface area contributed by atoms with Crippen molar-refractivity contribution >= 4 is 5.78 Å². The van der Waals surface area contributed by atoms with Crippen LogP contribution in [0.5, 0.6) is 0 Å². The minimum Gasteiger partial charge on any atom is -0.369 e. The van der Waals surface area contributed by atoms with Gasteiger partial charge in [-0.05, 0) is 107 Å². The maximum absolute atomic E-state index is 12.2. The van der Waals surface area contributed by atoms with Crippen molar-refractivity contribution in [3.63, 3.8) is 0 Å². The molecule has 3 heteroatoms. The van der Waals surface area contributed by atoms with Crippen LogP contribution in [0.1, 0.15) is 106 Å². The molecule has 0 N–H and O–H groups in total. The van der Waals surface area contributed by atoms with Gasteiger partial charge in [-0.1, -0.05) is 31.9 Å². The molecule has 2 aliphatic heterocycles. The standard InChI is InChI=1S/C31H49NO2/c1-18(2)32-17-19(3)13-28-29(32)21(5)31(34-28)12-10-24-25-8-7-22-14-23(33)9-11-30(22,6)27(25)15-26(24)20(4)16-31/h18-19,21-22,24-25,27-29H,7-17H2,1-6H3/t19-,21+,22+,24-,25-,27-,28+,29-,30-,31?/m0/s1. The molecule has 0 bridgehead atoms. The molecule has 0 amide bonds. The summed E-state index contributed by atoms with van der Waals surface area (Å²) in [6, 6.07) is 1.19. The molecule has 2 saturated heterocycles. The number of likely N-dealkylation sites (tertiary alicyclic amines) is 1. The lowest BCUT2D eigenvalue weighted by Gasteiger charge is -2.52. The van der Waals surface area contributed by atoms with Crippen LogP contribution >= 0.6 is 0 Å². The lowest BCUT2D eigenvalue weighted by atomic mass is 9.52. The summed E-state index contributed by atoms with van der Waals surface area (Å²) >= 11 is 0. The molecule has 6 rings (SSSR count). The Bertz CT molecular complexity index is 877. The van der Waals surface area contributed by atoms with E-state index in [4.69, 9.17) is 4.74 Å². The Morgan fingerprint density at radius 3 is 2.65 bits per heavy atom. The van der Waals surface area contributed by atoms with Gasteiger partial charge in [-0.25, -0.2) is 0 Å². The van der Waals surface area contributed by atoms with Crippen molar-refractivity contribution in [3.05, 3.63) is 11.1 Å². The van der Waals surface area contributed by atoms with Crippen molar-refractivity contribution in [1.29, 1.82) is 0 Å². The van der Waals surface area contributed by atoms with Gasteiger partial charge in [0.2, 0.25) is 0 Å². The van der Waals surface area contributed by atoms with E-state index in [1.54, 1.807) is 5.57 Å². The third-order valence-electron chi connectivity index (χ3n) is 12.3. The topological polar surface area (TPSA) is 29.5 Å². The minimum absolute atomic E-state index is 0.0435. The maximum Gasteiger partial charge on any atom is 0.133 e. The third kappa shape index (κ3) is 3.38. The lowest BCUT2D eigenvalue weighted by Crippen LogP contribution is -2.54. The predicted molar refractivity (Wildman–Crippen MR) is 138 cm³/mol. The number of allylic oxidation sites excluding steroid dienone is 1. The number of carbonyl (C=O) groups is 1. The van der Waals surface area contributed by atoms with E-state index >= 15 is 0 Å². The van der Waals surface area contributed by atoms with Crippen LogP contribution in [-0.4, -0.2) is 41.0 Å². The molecule has 190 valence electrons. The Balaban J connectivity index is 1.28. The van der Waals surface area contributed by atoms with Gasteiger partial charge in [-0.15, -0.1) is 0 Å². The van der Waals surface area contributed by atoms with Gasteiger partial charge in [-0.3, -0.25) is 9.69 Å². The zero-order valence-corrected chi connectivity index (χ0v) is 22.7. The van der Waals surface area contributed by atoms with Gasteiger partial charge in [0.25, 0.3) is 0 Å². The van der Waals surface area contributed by atoms with Crippen molar-refractivity contribution in [2.45, 2.75) is 130 Å². The highest BCUT2D eigenvalue weighted by atomic mass is 16.5. The van der Waals surface area contributed by atoms with Gasteiger partial charge in [0.05, 0.1) is 11.7 Å². The Morgan fingerprint density at radius 2 is 1.88 bits per heavy atom. The number of rotatable bonds is 1. The number of Topliss-reactive ketones (excluding diaryl/α,β-unsaturated/α-hetero) is 1. The highest BCUT2D eigenvalue weighted by Crippen LogP contribution is 2.65. The molecule has 0 radical (unpaired) electrons. The molecule has 2 heterocycles. The number of ketones is 1. The number of nitrogens with zero attached hydrogens (tertiary/aromatic N) is 1. The monoisotopic (exact) mass is 467 g/mol. The van der Waals surface area contributed by atoms with E-state index in [-0.39, 0.29) is 5.60 Å². The summed E-state index contributed by atoms with van der Waals surface area (Å²) in [6.45, 7) is 16.0. The van der Waals surface area contributed by atoms with E-state index in [0.29, 0.717) is 41.2 Å². The number of piperidine rings is 1. The fourth-order valence-electron chi connectivity index (χ4n) is 10.5. The Kier molecular flexibility index (Phi) is 5.70. The van der Waals surface area contributed by atoms with Crippen LogP contribution in [0.25, 0.3) is 0 Å². The minimum atomic E-state index is 0.0435. The fourth-order valence-corrected chi connectivity index (χ4v) is 10.5. The van der Waals surface area contributed by atoms with Gasteiger partial charge >= 0.3 is 0 Å². The second kappa shape index (κ2) is 8.17. The van der Waals surface area contributed by atoms with Crippen LogP contribution in [0.2, 0.25) is 0 Å². The normalized spacial score (nSPS) is 51.3. The van der Waals surface area contributed by atoms with Crippen molar-refractivity contribution in [1.82, 2.24) is 4.90 Å². The lowest BCUT2D eigenvalue weighted by molar-refractivity contribution is -0.129. The SMILES string of the molecule is CC1=C2C[C@H]3[C@@H](CC[C@@H]4CC(=O)CC[C@@]43C)[C@@H]2CCC2(C1)O[C@@H]1C[C@H](C)CN(C(C)C)[C@H]1[C@H]2C. The molecule has 0 aromatic heterocycles. The molecule has 6 aliphatic rings. The van der Waals surface area contributed by atoms with Gasteiger partial charge in [0.15, 0.2) is 0 Å². The molecule has 1 spiro atoms. The first-order chi connectivity index (χ1) is 16.1. The summed E-state index contributed by atoms with van der Waals surface area (Å²) in [6.07, 6.45) is 12.2. The first kappa shape index (κ1) is 23.7. The fraction of sp³-hybridized carbons (Fsp3) is 0.903. The zero-order valence-electron chi connectivity index (χ0n) is 22.7. The van der Waals surface area contributed by atoms with E-state index in [2.05, 4.69) is 46.4 Å². The number of ether oxygens (including phenoxy) is 1. The molecular weight excluding hydrogens is 418 g/mol. The molecular formula is C31H49NO2. The van der Waals surface area contributed by atoms with E-state index in [1.807, 2.05) is 5.57 Å². The second-order valence-corrected chi connectivity index (χ2v) is 14.3. The first-order valence-corrected chi connectivity index (χ1v) is 14.8. The Hall–Kier alpha value is -0.670. The number of carbonyl (C=O) groups excluding carboxylic acids is 1. The number of fused-ring (bicyclic) bond motifs is 6. The third-order valence-corrected chi connectivity index (χ3v) is 12.3. The van der Waals surface area contributed by atoms with Gasteiger partial charge in [0, 0.05) is 37.4 Å². The van der Waals surface area contributed by atoms with Crippen molar-refractivity contribution in [2.24, 2.45) is 40.9 Å². The summed E-state index contributed by atoms with van der Waals surface area (Å²) in [5, 5.41) is 0. The molecule has 0 aromatic rings. The van der Waals surface area contributed by atoms with E-state index in [1.165, 1.54) is 45.1 Å². The molecule has 3 nitrogen and oxygen atoms in total. The van der Waals surface area contributed by atoms with Crippen molar-refractivity contribution < 1.29 is 9.53 Å². The van der Waals surface area contributed by atoms with E-state index < -0.39 is 0 Å². The molecule has 0 aromatic carbocycles. The largest absolute Gasteiger partial charge is 0.369 e. The number of hydrogen-bond acceptors (Lipinski definition) is 3. The van der Waals surface area contributed by atoms with Crippen LogP contribution in [0.4, 0.5) is 0 Å². The molecule has 3 saturated carbocycles. The summed E-state index contributed by atoms with van der Waals surface area (Å²) < 4.78 is 7.21. The van der Waals surface area contributed by atoms with Crippen LogP contribution < -0.4 is 0 Å². The van der Waals surface area contributed by atoms with Gasteiger partial charge in [0.1, 0.15) is 5.78 Å². The summed E-state index contributed by atoms with van der Waals surface area (Å²) in [4.78, 5) is 15.0. The van der Waals surface area contributed by atoms with Crippen LogP contribution in [0, 0.1) is 40.9 Å². The average Bonchev–Trinajstić information content (AvgIpc) is 3.24. The van der Waals surface area contributed by atoms with E-state index in [9.17, 15) is 4.79 Å². The second-order valence-electron chi connectivity index (χ2n) is 14.3. The Morgan fingerprint density at radius 1 is 1.09 bits per heavy atom. The first-order valence-electron chi connectivity index (χ1n) is 14.8. The predicted octanol–water partition coefficient (Wildman–Crippen LogP) is 6.80. The average molecular weight is 468 g/mol. The summed E-state index contributed by atoms with van der Waals surface area (Å²) in [7, 11) is 0. The molecule has 34 heavy (non-hydrogen) atoms. The van der Waals surface area contributed by atoms with Crippen molar-refractivity contribution in [2.75, 3.05) is 6.54 Å². The van der Waals surface area contributed by atoms with Gasteiger partial charge < -0.3 is 4.74 Å². The maximum atomic E-state index is 12.2. The van der Waals surface area contributed by atoms with Crippen LogP contribution in [-0.2, 0) is 9.53 Å². The van der Waals surface area contributed by atoms with Gasteiger partial charge in [-0.2, -0.15) is 0 Å². The summed E-state index contributed by atoms with van der Waals surface area (Å²) in [5.74, 6) is 4.95. The highest BCUT2D eigenvalue weighted by molar-refractivity contribution is 5.79. The van der Waals surface area contributed by atoms with Crippen molar-refractivity contribution in [3.8, 4) is 0 Å². The Labute approximate surface area is 208 Å². The molecule has 5 fully saturated rings. The summed E-state index contributed by atoms with van der Waals surface area (Å²) in [5.41, 5.74) is 3.94. The molecule has 1 unspecified atom stereocenters. The van der Waals surface area contributed by atoms with E-state index in [0.717, 1.165) is 49.4 Å². The highest BCUT2D eigenvalue weighted by Gasteiger charge is 2.60. The van der Waals surface area contributed by atoms with Crippen LogP contribution in [0.3, 0.4) is 0 Å². The smallest absolute Gasteiger partial charge is 0.133 e. The quantitative estimate of drug-likeness (QED) is 0.397. The molecule has 10 atom stereocenters. The number of hydrogen-bond donors (Lipinski definition) is 0. The molecule has 4 aliphatic carbocycles. The van der Waals surface area contributed by atoms with Crippen LogP contribution in [0.15, 0.2) is 11.1 Å².